The van der Waals surface area contributed by atoms with Gasteiger partial charge in [0.1, 0.15) is 0 Å². The van der Waals surface area contributed by atoms with Crippen LogP contribution in [0.4, 0.5) is 18.9 Å². The number of para-hydroxylation sites is 1. The molecule has 6 nitrogen and oxygen atoms in total. The summed E-state index contributed by atoms with van der Waals surface area (Å²) in [5, 5.41) is 6.33. The predicted octanol–water partition coefficient (Wildman–Crippen LogP) is 4.82. The summed E-state index contributed by atoms with van der Waals surface area (Å²) in [6, 6.07) is 12.4. The molecule has 0 saturated carbocycles. The highest BCUT2D eigenvalue weighted by atomic mass is 19.4. The van der Waals surface area contributed by atoms with Gasteiger partial charge in [-0.25, -0.2) is 5.43 Å². The Kier molecular flexibility index (Phi) is 6.71. The van der Waals surface area contributed by atoms with Gasteiger partial charge in [0.2, 0.25) is 0 Å². The molecule has 9 heteroatoms. The van der Waals surface area contributed by atoms with Gasteiger partial charge in [-0.3, -0.25) is 9.59 Å². The number of hydrogen-bond donors (Lipinski definition) is 2. The molecule has 0 spiro atoms. The highest BCUT2D eigenvalue weighted by molar-refractivity contribution is 6.39. The van der Waals surface area contributed by atoms with Gasteiger partial charge in [0.15, 0.2) is 0 Å². The summed E-state index contributed by atoms with van der Waals surface area (Å²) in [5.41, 5.74) is 5.20. The number of anilines is 1. The van der Waals surface area contributed by atoms with E-state index in [0.29, 0.717) is 22.6 Å². The molecule has 0 atom stereocenters. The first-order chi connectivity index (χ1) is 15.5. The second-order valence-electron chi connectivity index (χ2n) is 7.65. The molecule has 1 aromatic heterocycles. The number of benzene rings is 2. The molecule has 2 aromatic carbocycles. The van der Waals surface area contributed by atoms with E-state index in [1.54, 1.807) is 32.9 Å². The molecule has 0 saturated heterocycles. The number of aromatic nitrogens is 1. The normalized spacial score (nSPS) is 11.6. The van der Waals surface area contributed by atoms with Crippen LogP contribution in [-0.4, -0.2) is 22.6 Å². The Labute approximate surface area is 189 Å². The third-order valence-corrected chi connectivity index (χ3v) is 5.14. The van der Waals surface area contributed by atoms with E-state index in [0.717, 1.165) is 17.2 Å². The number of nitrogens with one attached hydrogen (secondary N) is 2. The van der Waals surface area contributed by atoms with Crippen molar-refractivity contribution in [3.63, 3.8) is 0 Å². The number of rotatable bonds is 4. The van der Waals surface area contributed by atoms with Crippen LogP contribution in [0.5, 0.6) is 0 Å². The Balaban J connectivity index is 1.76. The van der Waals surface area contributed by atoms with E-state index in [4.69, 9.17) is 0 Å². The van der Waals surface area contributed by atoms with Crippen molar-refractivity contribution in [1.82, 2.24) is 9.99 Å². The van der Waals surface area contributed by atoms with Gasteiger partial charge in [-0.2, -0.15) is 18.3 Å². The number of hydrogen-bond acceptors (Lipinski definition) is 3. The van der Waals surface area contributed by atoms with Crippen molar-refractivity contribution in [2.75, 3.05) is 5.32 Å². The lowest BCUT2D eigenvalue weighted by molar-refractivity contribution is -0.137. The molecule has 3 aromatic rings. The molecule has 2 amide bonds. The van der Waals surface area contributed by atoms with Crippen LogP contribution in [0, 0.1) is 27.7 Å². The molecule has 172 valence electrons. The van der Waals surface area contributed by atoms with Crippen LogP contribution in [0.1, 0.15) is 33.6 Å². The fourth-order valence-corrected chi connectivity index (χ4v) is 3.46. The number of amides is 2. The molecule has 33 heavy (non-hydrogen) atoms. The minimum Gasteiger partial charge on any atom is -0.317 e. The first-order valence-electron chi connectivity index (χ1n) is 10.1. The van der Waals surface area contributed by atoms with E-state index in [1.165, 1.54) is 29.0 Å². The largest absolute Gasteiger partial charge is 0.418 e. The number of carbonyl (C=O) groups excluding carboxylic acids is 2. The first-order valence-corrected chi connectivity index (χ1v) is 10.1. The van der Waals surface area contributed by atoms with Crippen molar-refractivity contribution in [2.24, 2.45) is 5.10 Å². The number of carbonyl (C=O) groups is 2. The molecule has 3 rings (SSSR count). The van der Waals surface area contributed by atoms with Crippen LogP contribution in [0.15, 0.2) is 53.6 Å². The van der Waals surface area contributed by atoms with Crippen LogP contribution < -0.4 is 10.7 Å². The zero-order chi connectivity index (χ0) is 24.3. The average Bonchev–Trinajstić information content (AvgIpc) is 3.03. The van der Waals surface area contributed by atoms with Crippen LogP contribution in [0.25, 0.3) is 5.69 Å². The van der Waals surface area contributed by atoms with Gasteiger partial charge in [-0.15, -0.1) is 0 Å². The highest BCUT2D eigenvalue weighted by Crippen LogP contribution is 2.35. The van der Waals surface area contributed by atoms with Gasteiger partial charge in [0, 0.05) is 22.6 Å². The number of nitrogens with zero attached hydrogens (tertiary/aromatic N) is 2. The van der Waals surface area contributed by atoms with E-state index in [2.05, 4.69) is 15.8 Å². The van der Waals surface area contributed by atoms with E-state index in [9.17, 15) is 22.8 Å². The van der Waals surface area contributed by atoms with Crippen molar-refractivity contribution < 1.29 is 22.8 Å². The zero-order valence-electron chi connectivity index (χ0n) is 18.5. The van der Waals surface area contributed by atoms with Crippen LogP contribution in [0.3, 0.4) is 0 Å². The van der Waals surface area contributed by atoms with Gasteiger partial charge in [-0.1, -0.05) is 24.3 Å². The zero-order valence-corrected chi connectivity index (χ0v) is 18.5. The van der Waals surface area contributed by atoms with Crippen molar-refractivity contribution in [3.8, 4) is 5.69 Å². The summed E-state index contributed by atoms with van der Waals surface area (Å²) in [7, 11) is 0. The first kappa shape index (κ1) is 23.8. The smallest absolute Gasteiger partial charge is 0.317 e. The van der Waals surface area contributed by atoms with E-state index < -0.39 is 23.6 Å². The predicted molar refractivity (Wildman–Crippen MR) is 121 cm³/mol. The van der Waals surface area contributed by atoms with Gasteiger partial charge < -0.3 is 9.88 Å². The fraction of sp³-hybridized carbons (Fsp3) is 0.208. The van der Waals surface area contributed by atoms with E-state index in [-0.39, 0.29) is 5.69 Å². The monoisotopic (exact) mass is 456 g/mol. The van der Waals surface area contributed by atoms with Crippen molar-refractivity contribution in [1.29, 1.82) is 0 Å². The third kappa shape index (κ3) is 5.31. The van der Waals surface area contributed by atoms with Gasteiger partial charge >= 0.3 is 18.0 Å². The standard InChI is InChI=1S/C24H23F3N4O2/c1-14-9-10-15(2)20(11-14)29-22(32)23(33)30-28-13-18-12-16(3)31(17(18)4)21-8-6-5-7-19(21)24(25,26)27/h5-13H,1-4H3,(H,29,32)(H,30,33)/b28-13-. The Morgan fingerprint density at radius 1 is 0.970 bits per heavy atom. The summed E-state index contributed by atoms with van der Waals surface area (Å²) in [6.07, 6.45) is -3.22. The quantitative estimate of drug-likeness (QED) is 0.336. The van der Waals surface area contributed by atoms with E-state index in [1.807, 2.05) is 19.1 Å². The lowest BCUT2D eigenvalue weighted by atomic mass is 10.1. The third-order valence-electron chi connectivity index (χ3n) is 5.14. The molecular weight excluding hydrogens is 433 g/mol. The summed E-state index contributed by atoms with van der Waals surface area (Å²) in [4.78, 5) is 24.3. The van der Waals surface area contributed by atoms with Gasteiger partial charge in [0.25, 0.3) is 0 Å². The summed E-state index contributed by atoms with van der Waals surface area (Å²) in [6.45, 7) is 6.99. The maximum absolute atomic E-state index is 13.4. The molecule has 0 radical (unpaired) electrons. The molecule has 2 N–H and O–H groups in total. The minimum atomic E-state index is -4.51. The summed E-state index contributed by atoms with van der Waals surface area (Å²) < 4.78 is 41.8. The molecule has 0 bridgehead atoms. The average molecular weight is 456 g/mol. The highest BCUT2D eigenvalue weighted by Gasteiger charge is 2.34. The lowest BCUT2D eigenvalue weighted by Crippen LogP contribution is -2.32. The topological polar surface area (TPSA) is 75.5 Å². The Hall–Kier alpha value is -3.88. The van der Waals surface area contributed by atoms with Crippen LogP contribution in [-0.2, 0) is 15.8 Å². The molecular formula is C24H23F3N4O2. The van der Waals surface area contributed by atoms with Gasteiger partial charge in [-0.05, 0) is 63.1 Å². The summed E-state index contributed by atoms with van der Waals surface area (Å²) >= 11 is 0. The summed E-state index contributed by atoms with van der Waals surface area (Å²) in [5.74, 6) is -1.85. The van der Waals surface area contributed by atoms with Crippen molar-refractivity contribution in [3.05, 3.63) is 82.2 Å². The molecule has 0 fully saturated rings. The van der Waals surface area contributed by atoms with Crippen molar-refractivity contribution >= 4 is 23.7 Å². The second kappa shape index (κ2) is 9.32. The molecule has 0 aliphatic heterocycles. The number of aryl methyl sites for hydroxylation is 3. The molecule has 0 aliphatic rings. The molecule has 0 aliphatic carbocycles. The number of alkyl halides is 3. The Morgan fingerprint density at radius 2 is 1.67 bits per heavy atom. The SMILES string of the molecule is Cc1ccc(C)c(NC(=O)C(=O)N/N=C\c2cc(C)n(-c3ccccc3C(F)(F)F)c2C)c1. The second-order valence-corrected chi connectivity index (χ2v) is 7.65. The Morgan fingerprint density at radius 3 is 2.36 bits per heavy atom. The molecule has 1 heterocycles. The van der Waals surface area contributed by atoms with Crippen molar-refractivity contribution in [2.45, 2.75) is 33.9 Å². The fourth-order valence-electron chi connectivity index (χ4n) is 3.46. The van der Waals surface area contributed by atoms with Gasteiger partial charge in [0.05, 0.1) is 17.5 Å². The number of halogens is 3. The molecule has 0 unspecified atom stereocenters. The number of hydrazone groups is 1. The van der Waals surface area contributed by atoms with Crippen LogP contribution in [0.2, 0.25) is 0 Å². The Bertz CT molecular complexity index is 1240. The maximum atomic E-state index is 13.4. The minimum absolute atomic E-state index is 0.00316. The van der Waals surface area contributed by atoms with Crippen LogP contribution >= 0.6 is 0 Å². The maximum Gasteiger partial charge on any atom is 0.418 e. The lowest BCUT2D eigenvalue weighted by Gasteiger charge is -2.16. The van der Waals surface area contributed by atoms with E-state index >= 15 is 0 Å².